The van der Waals surface area contributed by atoms with E-state index < -0.39 is 15.8 Å². The summed E-state index contributed by atoms with van der Waals surface area (Å²) in [5.74, 6) is -0.105. The summed E-state index contributed by atoms with van der Waals surface area (Å²) >= 11 is 0. The van der Waals surface area contributed by atoms with E-state index in [0.29, 0.717) is 17.0 Å². The molecule has 0 saturated heterocycles. The van der Waals surface area contributed by atoms with E-state index in [1.165, 1.54) is 22.5 Å². The van der Waals surface area contributed by atoms with Gasteiger partial charge in [-0.2, -0.15) is 0 Å². The largest absolute Gasteiger partial charge is 0.497 e. The maximum atomic E-state index is 13.5. The second-order valence-corrected chi connectivity index (χ2v) is 7.97. The highest BCUT2D eigenvalue weighted by Crippen LogP contribution is 2.26. The summed E-state index contributed by atoms with van der Waals surface area (Å²) in [4.78, 5) is 0. The molecule has 0 heterocycles. The highest BCUT2D eigenvalue weighted by Gasteiger charge is 2.23. The minimum absolute atomic E-state index is 0.185. The smallest absolute Gasteiger partial charge is 0.239 e. The van der Waals surface area contributed by atoms with Crippen molar-refractivity contribution in [2.75, 3.05) is 11.4 Å². The summed E-state index contributed by atoms with van der Waals surface area (Å²) in [6, 6.07) is 21.8. The molecule has 140 valence electrons. The Kier molecular flexibility index (Phi) is 5.76. The van der Waals surface area contributed by atoms with Gasteiger partial charge in [-0.3, -0.25) is 4.31 Å². The van der Waals surface area contributed by atoms with Crippen LogP contribution < -0.4 is 9.04 Å². The van der Waals surface area contributed by atoms with Gasteiger partial charge in [-0.25, -0.2) is 12.8 Å². The van der Waals surface area contributed by atoms with E-state index in [9.17, 15) is 12.8 Å². The number of sulfonamides is 1. The minimum Gasteiger partial charge on any atom is -0.497 e. The molecule has 0 amide bonds. The van der Waals surface area contributed by atoms with Gasteiger partial charge in [0.2, 0.25) is 10.0 Å². The van der Waals surface area contributed by atoms with Crippen molar-refractivity contribution >= 4 is 15.7 Å². The van der Waals surface area contributed by atoms with Gasteiger partial charge in [0.15, 0.2) is 0 Å². The summed E-state index contributed by atoms with van der Waals surface area (Å²) in [5.41, 5.74) is 1.79. The van der Waals surface area contributed by atoms with Gasteiger partial charge in [-0.15, -0.1) is 0 Å². The Balaban J connectivity index is 1.96. The second-order valence-electron chi connectivity index (χ2n) is 6.08. The average molecular weight is 385 g/mol. The van der Waals surface area contributed by atoms with Crippen LogP contribution in [0.5, 0.6) is 5.75 Å². The molecule has 0 bridgehead atoms. The van der Waals surface area contributed by atoms with Crippen molar-refractivity contribution in [3.8, 4) is 5.75 Å². The lowest BCUT2D eigenvalue weighted by Crippen LogP contribution is -2.31. The van der Waals surface area contributed by atoms with Crippen molar-refractivity contribution in [3.63, 3.8) is 0 Å². The molecule has 0 aromatic heterocycles. The molecule has 6 heteroatoms. The molecule has 0 unspecified atom stereocenters. The first-order chi connectivity index (χ1) is 13.0. The van der Waals surface area contributed by atoms with E-state index >= 15 is 0 Å². The number of methoxy groups -OCH3 is 1. The maximum Gasteiger partial charge on any atom is 0.239 e. The molecule has 0 aliphatic heterocycles. The van der Waals surface area contributed by atoms with Crippen LogP contribution in [0.1, 0.15) is 11.1 Å². The highest BCUT2D eigenvalue weighted by atomic mass is 32.2. The van der Waals surface area contributed by atoms with Crippen molar-refractivity contribution in [1.82, 2.24) is 0 Å². The zero-order chi connectivity index (χ0) is 19.3. The number of nitrogens with zero attached hydrogens (tertiary/aromatic N) is 1. The number of ether oxygens (including phenoxy) is 1. The Morgan fingerprint density at radius 2 is 1.56 bits per heavy atom. The van der Waals surface area contributed by atoms with Crippen molar-refractivity contribution in [1.29, 1.82) is 0 Å². The van der Waals surface area contributed by atoms with Gasteiger partial charge in [0, 0.05) is 0 Å². The number of halogens is 1. The Hall–Kier alpha value is -2.86. The van der Waals surface area contributed by atoms with Crippen LogP contribution in [0.15, 0.2) is 78.9 Å². The molecule has 4 nitrogen and oxygen atoms in total. The molecular formula is C21H20FNO3S. The highest BCUT2D eigenvalue weighted by molar-refractivity contribution is 7.92. The first kappa shape index (κ1) is 18.9. The van der Waals surface area contributed by atoms with Crippen LogP contribution in [0, 0.1) is 5.82 Å². The molecule has 0 aliphatic rings. The molecule has 0 aliphatic carbocycles. The normalized spacial score (nSPS) is 11.2. The number of anilines is 1. The lowest BCUT2D eigenvalue weighted by atomic mass is 10.2. The number of rotatable bonds is 7. The van der Waals surface area contributed by atoms with E-state index in [1.807, 2.05) is 30.3 Å². The van der Waals surface area contributed by atoms with Crippen LogP contribution in [0.2, 0.25) is 0 Å². The summed E-state index contributed by atoms with van der Waals surface area (Å²) < 4.78 is 46.3. The van der Waals surface area contributed by atoms with Gasteiger partial charge >= 0.3 is 0 Å². The zero-order valence-electron chi connectivity index (χ0n) is 14.9. The van der Waals surface area contributed by atoms with Crippen molar-refractivity contribution in [2.45, 2.75) is 12.3 Å². The molecule has 0 fully saturated rings. The van der Waals surface area contributed by atoms with E-state index in [4.69, 9.17) is 4.74 Å². The third-order valence-electron chi connectivity index (χ3n) is 4.10. The fourth-order valence-electron chi connectivity index (χ4n) is 2.76. The van der Waals surface area contributed by atoms with Gasteiger partial charge in [0.1, 0.15) is 11.6 Å². The lowest BCUT2D eigenvalue weighted by Gasteiger charge is -2.25. The minimum atomic E-state index is -3.74. The topological polar surface area (TPSA) is 46.6 Å². The van der Waals surface area contributed by atoms with Gasteiger partial charge in [-0.1, -0.05) is 42.5 Å². The van der Waals surface area contributed by atoms with Crippen LogP contribution >= 0.6 is 0 Å². The van der Waals surface area contributed by atoms with E-state index in [1.54, 1.807) is 37.4 Å². The fourth-order valence-corrected chi connectivity index (χ4v) is 4.31. The molecule has 27 heavy (non-hydrogen) atoms. The predicted octanol–water partition coefficient (Wildman–Crippen LogP) is 4.37. The number of hydrogen-bond acceptors (Lipinski definition) is 3. The second kappa shape index (κ2) is 8.22. The van der Waals surface area contributed by atoms with E-state index in [-0.39, 0.29) is 12.3 Å². The molecule has 3 aromatic rings. The summed E-state index contributed by atoms with van der Waals surface area (Å²) in [7, 11) is -2.18. The quantitative estimate of drug-likeness (QED) is 0.607. The van der Waals surface area contributed by atoms with Gasteiger partial charge in [0.25, 0.3) is 0 Å². The van der Waals surface area contributed by atoms with Gasteiger partial charge in [0.05, 0.1) is 25.1 Å². The lowest BCUT2D eigenvalue weighted by molar-refractivity contribution is 0.415. The first-order valence-electron chi connectivity index (χ1n) is 8.41. The third-order valence-corrected chi connectivity index (χ3v) is 5.81. The molecule has 0 radical (unpaired) electrons. The Morgan fingerprint density at radius 3 is 2.19 bits per heavy atom. The predicted molar refractivity (Wildman–Crippen MR) is 105 cm³/mol. The van der Waals surface area contributed by atoms with Crippen molar-refractivity contribution in [2.24, 2.45) is 0 Å². The molecule has 3 rings (SSSR count). The first-order valence-corrected chi connectivity index (χ1v) is 10.0. The van der Waals surface area contributed by atoms with Crippen LogP contribution in [0.4, 0.5) is 10.1 Å². The monoisotopic (exact) mass is 385 g/mol. The van der Waals surface area contributed by atoms with Crippen LogP contribution in [-0.2, 0) is 22.3 Å². The SMILES string of the molecule is COc1ccc(N(Cc2ccccc2)S(=O)(=O)Cc2cccc(F)c2)cc1. The number of hydrogen-bond donors (Lipinski definition) is 0. The molecule has 0 atom stereocenters. The van der Waals surface area contributed by atoms with Crippen molar-refractivity contribution < 1.29 is 17.5 Å². The molecule has 0 N–H and O–H groups in total. The van der Waals surface area contributed by atoms with Gasteiger partial charge in [-0.05, 0) is 47.5 Å². The fraction of sp³-hybridized carbons (Fsp3) is 0.143. The Bertz CT molecular complexity index is 989. The standard InChI is InChI=1S/C21H20FNO3S/c1-26-21-12-10-20(11-13-21)23(15-17-6-3-2-4-7-17)27(24,25)16-18-8-5-9-19(22)14-18/h2-14H,15-16H2,1H3. The van der Waals surface area contributed by atoms with Gasteiger partial charge < -0.3 is 4.74 Å². The summed E-state index contributed by atoms with van der Waals surface area (Å²) in [6.45, 7) is 0.185. The van der Waals surface area contributed by atoms with Crippen LogP contribution in [0.3, 0.4) is 0 Å². The van der Waals surface area contributed by atoms with E-state index in [2.05, 4.69) is 0 Å². The molecule has 3 aromatic carbocycles. The number of benzene rings is 3. The average Bonchev–Trinajstić information content (AvgIpc) is 2.66. The molecule has 0 spiro atoms. The molecular weight excluding hydrogens is 365 g/mol. The van der Waals surface area contributed by atoms with Crippen LogP contribution in [0.25, 0.3) is 0 Å². The molecule has 0 saturated carbocycles. The Labute approximate surface area is 158 Å². The summed E-state index contributed by atoms with van der Waals surface area (Å²) in [6.07, 6.45) is 0. The summed E-state index contributed by atoms with van der Waals surface area (Å²) in [5, 5.41) is 0. The Morgan fingerprint density at radius 1 is 0.889 bits per heavy atom. The zero-order valence-corrected chi connectivity index (χ0v) is 15.7. The van der Waals surface area contributed by atoms with Crippen LogP contribution in [-0.4, -0.2) is 15.5 Å². The van der Waals surface area contributed by atoms with Crippen molar-refractivity contribution in [3.05, 3.63) is 95.8 Å². The maximum absolute atomic E-state index is 13.5. The third kappa shape index (κ3) is 4.86. The van der Waals surface area contributed by atoms with E-state index in [0.717, 1.165) is 5.56 Å².